The molecule has 2 aliphatic carbocycles. The van der Waals surface area contributed by atoms with E-state index in [1.165, 1.54) is 4.90 Å². The molecule has 2 aromatic rings. The minimum Gasteiger partial charge on any atom is -0.341 e. The van der Waals surface area contributed by atoms with E-state index in [0.29, 0.717) is 5.56 Å². The second-order valence-electron chi connectivity index (χ2n) is 8.67. The van der Waals surface area contributed by atoms with Gasteiger partial charge in [0.15, 0.2) is 5.69 Å². The molecule has 2 fully saturated rings. The molecule has 0 atom stereocenters. The average Bonchev–Trinajstić information content (AvgIpc) is 3.35. The first-order valence-electron chi connectivity index (χ1n) is 11.0. The molecule has 0 radical (unpaired) electrons. The predicted octanol–water partition coefficient (Wildman–Crippen LogP) is 4.86. The third-order valence-corrected chi connectivity index (χ3v) is 7.28. The van der Waals surface area contributed by atoms with E-state index in [9.17, 15) is 22.8 Å². The maximum absolute atomic E-state index is 13.7. The Hall–Kier alpha value is -2.10. The number of amides is 2. The van der Waals surface area contributed by atoms with E-state index in [1.54, 1.807) is 24.9 Å². The molecule has 2 amide bonds. The van der Waals surface area contributed by atoms with Crippen LogP contribution in [0.1, 0.15) is 73.1 Å². The average molecular weight is 515 g/mol. The number of alkyl halides is 3. The first-order valence-corrected chi connectivity index (χ1v) is 11.8. The van der Waals surface area contributed by atoms with Crippen LogP contribution in [0.4, 0.5) is 13.2 Å². The third kappa shape index (κ3) is 4.38. The molecule has 10 heteroatoms. The maximum atomic E-state index is 13.7. The monoisotopic (exact) mass is 514 g/mol. The van der Waals surface area contributed by atoms with Crippen LogP contribution in [0.3, 0.4) is 0 Å². The molecule has 6 nitrogen and oxygen atoms in total. The van der Waals surface area contributed by atoms with E-state index < -0.39 is 17.8 Å². The van der Waals surface area contributed by atoms with Crippen LogP contribution < -0.4 is 0 Å². The van der Waals surface area contributed by atoms with E-state index >= 15 is 0 Å². The lowest BCUT2D eigenvalue weighted by Gasteiger charge is -2.27. The predicted molar refractivity (Wildman–Crippen MR) is 116 cm³/mol. The SMILES string of the molecule is CCN(CC(=O)N(C)C1CCCC1)C(=O)c1nn2c(C(F)(F)F)cc(C3CC3)cc2c1Br. The molecule has 0 N–H and O–H groups in total. The van der Waals surface area contributed by atoms with Crippen LogP contribution in [-0.2, 0) is 11.0 Å². The number of nitrogens with zero attached hydrogens (tertiary/aromatic N) is 4. The number of aromatic nitrogens is 2. The molecule has 2 aromatic heterocycles. The summed E-state index contributed by atoms with van der Waals surface area (Å²) in [5, 5.41) is 4.03. The fourth-order valence-electron chi connectivity index (χ4n) is 4.38. The lowest BCUT2D eigenvalue weighted by molar-refractivity contribution is -0.142. The standard InChI is InChI=1S/C22H26BrF3N4O2/c1-3-29(12-18(31)28(2)15-6-4-5-7-15)21(32)20-19(23)16-10-14(13-8-9-13)11-17(22(24,25)26)30(16)27-20/h10-11,13,15H,3-9,12H2,1-2H3. The van der Waals surface area contributed by atoms with Crippen molar-refractivity contribution in [1.29, 1.82) is 0 Å². The molecule has 2 aliphatic rings. The highest BCUT2D eigenvalue weighted by Crippen LogP contribution is 2.43. The molecule has 0 aromatic carbocycles. The highest BCUT2D eigenvalue weighted by molar-refractivity contribution is 9.10. The van der Waals surface area contributed by atoms with Gasteiger partial charge in [-0.1, -0.05) is 12.8 Å². The quantitative estimate of drug-likeness (QED) is 0.553. The topological polar surface area (TPSA) is 57.9 Å². The number of halogens is 4. The second-order valence-corrected chi connectivity index (χ2v) is 9.46. The van der Waals surface area contributed by atoms with E-state index in [4.69, 9.17) is 0 Å². The third-order valence-electron chi connectivity index (χ3n) is 6.50. The fourth-order valence-corrected chi connectivity index (χ4v) is 4.91. The van der Waals surface area contributed by atoms with Crippen molar-refractivity contribution >= 4 is 33.3 Å². The Morgan fingerprint density at radius 3 is 2.41 bits per heavy atom. The lowest BCUT2D eigenvalue weighted by Crippen LogP contribution is -2.44. The number of pyridine rings is 1. The van der Waals surface area contributed by atoms with Crippen LogP contribution in [0, 0.1) is 0 Å². The summed E-state index contributed by atoms with van der Waals surface area (Å²) < 4.78 is 42.2. The van der Waals surface area contributed by atoms with Gasteiger partial charge >= 0.3 is 6.18 Å². The number of rotatable bonds is 6. The number of hydrogen-bond donors (Lipinski definition) is 0. The number of carbonyl (C=O) groups excluding carboxylic acids is 2. The van der Waals surface area contributed by atoms with Crippen LogP contribution in [0.25, 0.3) is 5.52 Å². The van der Waals surface area contributed by atoms with Crippen LogP contribution in [0.5, 0.6) is 0 Å². The minimum absolute atomic E-state index is 0.109. The van der Waals surface area contributed by atoms with E-state index in [1.807, 2.05) is 0 Å². The van der Waals surface area contributed by atoms with Crippen molar-refractivity contribution in [2.75, 3.05) is 20.1 Å². The van der Waals surface area contributed by atoms with Crippen LogP contribution in [0.2, 0.25) is 0 Å². The van der Waals surface area contributed by atoms with Crippen molar-refractivity contribution in [2.45, 2.75) is 63.6 Å². The molecule has 0 aliphatic heterocycles. The summed E-state index contributed by atoms with van der Waals surface area (Å²) in [7, 11) is 1.74. The zero-order valence-electron chi connectivity index (χ0n) is 18.1. The molecule has 2 heterocycles. The largest absolute Gasteiger partial charge is 0.433 e. The van der Waals surface area contributed by atoms with Crippen LogP contribution >= 0.6 is 15.9 Å². The molecule has 2 saturated carbocycles. The van der Waals surface area contributed by atoms with E-state index in [-0.39, 0.29) is 46.6 Å². The molecule has 4 rings (SSSR count). The van der Waals surface area contributed by atoms with Gasteiger partial charge in [0.1, 0.15) is 12.2 Å². The number of fused-ring (bicyclic) bond motifs is 1. The Morgan fingerprint density at radius 2 is 1.84 bits per heavy atom. The molecule has 174 valence electrons. The normalized spacial score (nSPS) is 17.2. The van der Waals surface area contributed by atoms with Crippen molar-refractivity contribution in [3.8, 4) is 0 Å². The molecule has 0 spiro atoms. The summed E-state index contributed by atoms with van der Waals surface area (Å²) >= 11 is 3.31. The van der Waals surface area contributed by atoms with E-state index in [2.05, 4.69) is 21.0 Å². The Kier molecular flexibility index (Phi) is 6.26. The number of carbonyl (C=O) groups is 2. The van der Waals surface area contributed by atoms with Crippen molar-refractivity contribution in [2.24, 2.45) is 0 Å². The van der Waals surface area contributed by atoms with Crippen molar-refractivity contribution < 1.29 is 22.8 Å². The summed E-state index contributed by atoms with van der Waals surface area (Å²) in [5.74, 6) is -0.644. The summed E-state index contributed by atoms with van der Waals surface area (Å²) in [5.41, 5.74) is -0.223. The molecule has 32 heavy (non-hydrogen) atoms. The van der Waals surface area contributed by atoms with Crippen molar-refractivity contribution in [1.82, 2.24) is 19.4 Å². The minimum atomic E-state index is -4.61. The van der Waals surface area contributed by atoms with Gasteiger partial charge in [-0.2, -0.15) is 18.3 Å². The van der Waals surface area contributed by atoms with Gasteiger partial charge < -0.3 is 9.80 Å². The smallest absolute Gasteiger partial charge is 0.341 e. The van der Waals surface area contributed by atoms with Gasteiger partial charge in [-0.15, -0.1) is 0 Å². The second kappa shape index (κ2) is 8.68. The highest BCUT2D eigenvalue weighted by Gasteiger charge is 2.38. The Bertz CT molecular complexity index is 1040. The Balaban J connectivity index is 1.64. The van der Waals surface area contributed by atoms with Crippen LogP contribution in [-0.4, -0.2) is 57.4 Å². The first kappa shape index (κ1) is 23.1. The van der Waals surface area contributed by atoms with Crippen molar-refractivity contribution in [3.63, 3.8) is 0 Å². The summed E-state index contributed by atoms with van der Waals surface area (Å²) in [4.78, 5) is 29.0. The number of hydrogen-bond acceptors (Lipinski definition) is 3. The number of likely N-dealkylation sites (N-methyl/N-ethyl adjacent to an activating group) is 2. The van der Waals surface area contributed by atoms with Gasteiger partial charge in [0.05, 0.1) is 9.99 Å². The Morgan fingerprint density at radius 1 is 1.19 bits per heavy atom. The van der Waals surface area contributed by atoms with Gasteiger partial charge in [0, 0.05) is 19.6 Å². The first-order chi connectivity index (χ1) is 15.1. The van der Waals surface area contributed by atoms with Crippen LogP contribution in [0.15, 0.2) is 16.6 Å². The molecular formula is C22H26BrF3N4O2. The summed E-state index contributed by atoms with van der Waals surface area (Å²) in [6.45, 7) is 1.84. The van der Waals surface area contributed by atoms with Gasteiger partial charge in [-0.3, -0.25) is 9.59 Å². The van der Waals surface area contributed by atoms with E-state index in [0.717, 1.165) is 49.1 Å². The van der Waals surface area contributed by atoms with Gasteiger partial charge in [0.25, 0.3) is 5.91 Å². The van der Waals surface area contributed by atoms with Crippen molar-refractivity contribution in [3.05, 3.63) is 33.6 Å². The Labute approximate surface area is 192 Å². The van der Waals surface area contributed by atoms with Gasteiger partial charge in [-0.25, -0.2) is 4.52 Å². The zero-order valence-corrected chi connectivity index (χ0v) is 19.7. The van der Waals surface area contributed by atoms with Gasteiger partial charge in [0.2, 0.25) is 5.91 Å². The summed E-state index contributed by atoms with van der Waals surface area (Å²) in [6, 6.07) is 2.96. The highest BCUT2D eigenvalue weighted by atomic mass is 79.9. The van der Waals surface area contributed by atoms with Gasteiger partial charge in [-0.05, 0) is 72.2 Å². The molecule has 0 unspecified atom stereocenters. The fraction of sp³-hybridized carbons (Fsp3) is 0.591. The maximum Gasteiger partial charge on any atom is 0.433 e. The molecular weight excluding hydrogens is 489 g/mol. The summed E-state index contributed by atoms with van der Waals surface area (Å²) in [6.07, 6.45) is 1.15. The molecule has 0 bridgehead atoms. The lowest BCUT2D eigenvalue weighted by atomic mass is 10.1. The molecule has 0 saturated heterocycles. The zero-order chi connectivity index (χ0) is 23.2.